The Balaban J connectivity index is 1.67. The predicted molar refractivity (Wildman–Crippen MR) is 110 cm³/mol. The van der Waals surface area contributed by atoms with Crippen LogP contribution in [0.25, 0.3) is 11.4 Å². The van der Waals surface area contributed by atoms with Crippen molar-refractivity contribution in [2.24, 2.45) is 0 Å². The third kappa shape index (κ3) is 4.39. The Hall–Kier alpha value is -2.74. The number of anilines is 1. The maximum absolute atomic E-state index is 12.4. The van der Waals surface area contributed by atoms with Gasteiger partial charge in [0.1, 0.15) is 12.0 Å². The zero-order valence-electron chi connectivity index (χ0n) is 16.4. The molecule has 148 valence electrons. The first-order chi connectivity index (χ1) is 13.5. The summed E-state index contributed by atoms with van der Waals surface area (Å²) in [6.45, 7) is 6.94. The Labute approximate surface area is 168 Å². The number of nitrogens with zero attached hydrogens (tertiary/aromatic N) is 3. The number of amides is 1. The zero-order valence-corrected chi connectivity index (χ0v) is 17.2. The van der Waals surface area contributed by atoms with Crippen LogP contribution in [0.5, 0.6) is 5.75 Å². The molecule has 1 amide bonds. The summed E-state index contributed by atoms with van der Waals surface area (Å²) in [5, 5.41) is 12.0. The molecule has 2 heterocycles. The van der Waals surface area contributed by atoms with Crippen LogP contribution in [-0.4, -0.2) is 33.5 Å². The second-order valence-electron chi connectivity index (χ2n) is 6.51. The van der Waals surface area contributed by atoms with Gasteiger partial charge in [0.25, 0.3) is 0 Å². The average molecular weight is 401 g/mol. The maximum Gasteiger partial charge on any atom is 0.234 e. The van der Waals surface area contributed by atoms with Crippen molar-refractivity contribution in [1.82, 2.24) is 14.8 Å². The highest BCUT2D eigenvalue weighted by Gasteiger charge is 2.16. The second kappa shape index (κ2) is 8.97. The molecule has 0 bridgehead atoms. The van der Waals surface area contributed by atoms with E-state index in [-0.39, 0.29) is 11.7 Å². The van der Waals surface area contributed by atoms with Crippen LogP contribution in [0.4, 0.5) is 5.69 Å². The molecule has 0 spiro atoms. The van der Waals surface area contributed by atoms with Crippen LogP contribution in [0.1, 0.15) is 32.3 Å². The molecule has 0 saturated carbocycles. The van der Waals surface area contributed by atoms with Gasteiger partial charge in [0.2, 0.25) is 5.91 Å². The molecule has 3 rings (SSSR count). The van der Waals surface area contributed by atoms with Crippen molar-refractivity contribution in [3.63, 3.8) is 0 Å². The minimum absolute atomic E-state index is 0.129. The molecule has 0 saturated heterocycles. The van der Waals surface area contributed by atoms with Gasteiger partial charge in [-0.15, -0.1) is 10.2 Å². The molecule has 0 aliphatic heterocycles. The predicted octanol–water partition coefficient (Wildman–Crippen LogP) is 4.42. The van der Waals surface area contributed by atoms with E-state index in [4.69, 9.17) is 9.15 Å². The van der Waals surface area contributed by atoms with Crippen molar-refractivity contribution < 1.29 is 13.9 Å². The van der Waals surface area contributed by atoms with Gasteiger partial charge in [0, 0.05) is 6.54 Å². The molecule has 1 N–H and O–H groups in total. The van der Waals surface area contributed by atoms with Crippen LogP contribution in [-0.2, 0) is 11.3 Å². The van der Waals surface area contributed by atoms with Crippen LogP contribution in [0.2, 0.25) is 0 Å². The van der Waals surface area contributed by atoms with Gasteiger partial charge in [0.15, 0.2) is 11.0 Å². The summed E-state index contributed by atoms with van der Waals surface area (Å²) < 4.78 is 12.5. The van der Waals surface area contributed by atoms with Crippen molar-refractivity contribution in [3.05, 3.63) is 42.4 Å². The SMILES string of the molecule is CCn1c(SCC(=O)Nc2ccc(C(C)C)cc2OC)nnc1-c1ccoc1. The van der Waals surface area contributed by atoms with Crippen LogP contribution < -0.4 is 10.1 Å². The summed E-state index contributed by atoms with van der Waals surface area (Å²) in [7, 11) is 1.60. The topological polar surface area (TPSA) is 82.2 Å². The van der Waals surface area contributed by atoms with Crippen molar-refractivity contribution in [1.29, 1.82) is 0 Å². The first-order valence-corrected chi connectivity index (χ1v) is 10.1. The van der Waals surface area contributed by atoms with Crippen molar-refractivity contribution in [3.8, 4) is 17.1 Å². The number of aromatic nitrogens is 3. The monoisotopic (exact) mass is 400 g/mol. The fraction of sp³-hybridized carbons (Fsp3) is 0.350. The van der Waals surface area contributed by atoms with Gasteiger partial charge in [-0.1, -0.05) is 31.7 Å². The molecular weight excluding hydrogens is 376 g/mol. The maximum atomic E-state index is 12.4. The smallest absolute Gasteiger partial charge is 0.234 e. The first-order valence-electron chi connectivity index (χ1n) is 9.09. The second-order valence-corrected chi connectivity index (χ2v) is 7.46. The van der Waals surface area contributed by atoms with Gasteiger partial charge < -0.3 is 19.0 Å². The number of methoxy groups -OCH3 is 1. The molecule has 0 radical (unpaired) electrons. The number of hydrogen-bond acceptors (Lipinski definition) is 6. The van der Waals surface area contributed by atoms with Gasteiger partial charge in [-0.3, -0.25) is 4.79 Å². The van der Waals surface area contributed by atoms with E-state index >= 15 is 0 Å². The molecule has 3 aromatic rings. The van der Waals surface area contributed by atoms with E-state index in [1.165, 1.54) is 11.8 Å². The fourth-order valence-corrected chi connectivity index (χ4v) is 3.57. The summed E-state index contributed by atoms with van der Waals surface area (Å²) in [6, 6.07) is 7.67. The molecule has 7 nitrogen and oxygen atoms in total. The van der Waals surface area contributed by atoms with Crippen molar-refractivity contribution in [2.45, 2.75) is 38.4 Å². The molecule has 8 heteroatoms. The summed E-state index contributed by atoms with van der Waals surface area (Å²) in [4.78, 5) is 12.4. The van der Waals surface area contributed by atoms with Gasteiger partial charge in [-0.05, 0) is 36.6 Å². The Morgan fingerprint density at radius 3 is 2.79 bits per heavy atom. The van der Waals surface area contributed by atoms with E-state index in [0.717, 1.165) is 17.0 Å². The number of benzene rings is 1. The van der Waals surface area contributed by atoms with Crippen LogP contribution in [0.3, 0.4) is 0 Å². The number of nitrogens with one attached hydrogen (secondary N) is 1. The molecule has 0 unspecified atom stereocenters. The van der Waals surface area contributed by atoms with Gasteiger partial charge in [-0.2, -0.15) is 0 Å². The minimum Gasteiger partial charge on any atom is -0.495 e. The Morgan fingerprint density at radius 2 is 2.14 bits per heavy atom. The lowest BCUT2D eigenvalue weighted by Crippen LogP contribution is -2.15. The fourth-order valence-electron chi connectivity index (χ4n) is 2.77. The normalized spacial score (nSPS) is 11.0. The highest BCUT2D eigenvalue weighted by Crippen LogP contribution is 2.29. The largest absolute Gasteiger partial charge is 0.495 e. The summed E-state index contributed by atoms with van der Waals surface area (Å²) in [5.74, 6) is 1.86. The highest BCUT2D eigenvalue weighted by atomic mass is 32.2. The van der Waals surface area contributed by atoms with E-state index in [2.05, 4.69) is 29.4 Å². The summed E-state index contributed by atoms with van der Waals surface area (Å²) in [6.07, 6.45) is 3.23. The first kappa shape index (κ1) is 20.0. The van der Waals surface area contributed by atoms with E-state index in [0.29, 0.717) is 29.1 Å². The van der Waals surface area contributed by atoms with Crippen LogP contribution in [0, 0.1) is 0 Å². The molecule has 28 heavy (non-hydrogen) atoms. The minimum atomic E-state index is -0.129. The molecule has 0 aliphatic carbocycles. The number of carbonyl (C=O) groups is 1. The third-order valence-electron chi connectivity index (χ3n) is 4.31. The number of thioether (sulfide) groups is 1. The average Bonchev–Trinajstić information content (AvgIpc) is 3.35. The lowest BCUT2D eigenvalue weighted by Gasteiger charge is -2.13. The molecule has 2 aromatic heterocycles. The highest BCUT2D eigenvalue weighted by molar-refractivity contribution is 7.99. The third-order valence-corrected chi connectivity index (χ3v) is 5.28. The molecular formula is C20H24N4O3S. The number of hydrogen-bond donors (Lipinski definition) is 1. The van der Waals surface area contributed by atoms with Gasteiger partial charge in [0.05, 0.1) is 30.4 Å². The number of rotatable bonds is 8. The molecule has 0 aliphatic rings. The zero-order chi connectivity index (χ0) is 20.1. The number of carbonyl (C=O) groups excluding carboxylic acids is 1. The lowest BCUT2D eigenvalue weighted by molar-refractivity contribution is -0.113. The van der Waals surface area contributed by atoms with Crippen molar-refractivity contribution in [2.75, 3.05) is 18.2 Å². The quantitative estimate of drug-likeness (QED) is 0.564. The lowest BCUT2D eigenvalue weighted by atomic mass is 10.0. The van der Waals surface area contributed by atoms with E-state index in [1.54, 1.807) is 19.6 Å². The van der Waals surface area contributed by atoms with Crippen molar-refractivity contribution >= 4 is 23.4 Å². The Morgan fingerprint density at radius 1 is 1.32 bits per heavy atom. The summed E-state index contributed by atoms with van der Waals surface area (Å²) >= 11 is 1.34. The Bertz CT molecular complexity index is 935. The number of ether oxygens (including phenoxy) is 1. The standard InChI is InChI=1S/C20H24N4O3S/c1-5-24-19(15-8-9-27-11-15)22-23-20(24)28-12-18(25)21-16-7-6-14(13(2)3)10-17(16)26-4/h6-11,13H,5,12H2,1-4H3,(H,21,25). The van der Waals surface area contributed by atoms with Gasteiger partial charge >= 0.3 is 0 Å². The molecule has 0 fully saturated rings. The van der Waals surface area contributed by atoms with E-state index in [9.17, 15) is 4.79 Å². The molecule has 0 atom stereocenters. The Kier molecular flexibility index (Phi) is 6.41. The summed E-state index contributed by atoms with van der Waals surface area (Å²) in [5.41, 5.74) is 2.68. The van der Waals surface area contributed by atoms with Gasteiger partial charge in [-0.25, -0.2) is 0 Å². The van der Waals surface area contributed by atoms with E-state index < -0.39 is 0 Å². The number of furan rings is 1. The van der Waals surface area contributed by atoms with E-state index in [1.807, 2.05) is 35.8 Å². The molecule has 1 aromatic carbocycles. The van der Waals surface area contributed by atoms with Crippen LogP contribution >= 0.6 is 11.8 Å². The van der Waals surface area contributed by atoms with Crippen LogP contribution in [0.15, 0.2) is 46.4 Å².